The van der Waals surface area contributed by atoms with Crippen molar-refractivity contribution in [2.75, 3.05) is 0 Å². The number of thiazole rings is 1. The molecule has 0 amide bonds. The van der Waals surface area contributed by atoms with E-state index in [0.717, 1.165) is 22.5 Å². The molecule has 0 atom stereocenters. The molecule has 0 spiro atoms. The van der Waals surface area contributed by atoms with Crippen molar-refractivity contribution < 1.29 is 5.11 Å². The maximum absolute atomic E-state index is 9.32. The first-order chi connectivity index (χ1) is 9.85. The van der Waals surface area contributed by atoms with Crippen molar-refractivity contribution in [2.45, 2.75) is 55.2 Å². The molecule has 0 unspecified atom stereocenters. The summed E-state index contributed by atoms with van der Waals surface area (Å²) in [5.41, 5.74) is 1.14. The van der Waals surface area contributed by atoms with Crippen LogP contribution in [0.15, 0.2) is 10.5 Å². The van der Waals surface area contributed by atoms with Gasteiger partial charge in [0.05, 0.1) is 10.7 Å². The smallest absolute Gasteiger partial charge is 0.191 e. The molecule has 0 saturated heterocycles. The quantitative estimate of drug-likeness (QED) is 0.831. The van der Waals surface area contributed by atoms with E-state index in [1.165, 1.54) is 30.7 Å². The molecule has 4 rings (SSSR count). The lowest BCUT2D eigenvalue weighted by Gasteiger charge is -2.06. The highest BCUT2D eigenvalue weighted by Crippen LogP contribution is 2.42. The first kappa shape index (κ1) is 12.8. The van der Waals surface area contributed by atoms with E-state index in [4.69, 9.17) is 4.98 Å². The fraction of sp³-hybridized carbons (Fsp3) is 0.615. The van der Waals surface area contributed by atoms with Gasteiger partial charge in [0.25, 0.3) is 0 Å². The van der Waals surface area contributed by atoms with Crippen LogP contribution in [0.1, 0.15) is 54.2 Å². The van der Waals surface area contributed by atoms with Crippen molar-refractivity contribution in [3.8, 4) is 0 Å². The van der Waals surface area contributed by atoms with E-state index in [-0.39, 0.29) is 6.61 Å². The van der Waals surface area contributed by atoms with Crippen LogP contribution in [-0.2, 0) is 12.4 Å². The Bertz CT molecular complexity index is 616. The van der Waals surface area contributed by atoms with Crippen LogP contribution < -0.4 is 0 Å². The van der Waals surface area contributed by atoms with E-state index in [2.05, 4.69) is 20.1 Å². The van der Waals surface area contributed by atoms with Crippen molar-refractivity contribution in [3.05, 3.63) is 21.9 Å². The minimum atomic E-state index is -0.0351. The van der Waals surface area contributed by atoms with Gasteiger partial charge in [-0.3, -0.25) is 0 Å². The standard InChI is InChI=1S/C13H16N4OS2/c18-5-11-15-16-13(17(11)10-3-4-10)20-7-9-6-19-12(14-9)8-1-2-8/h6,8,10,18H,1-5,7H2. The van der Waals surface area contributed by atoms with Gasteiger partial charge in [0, 0.05) is 23.1 Å². The highest BCUT2D eigenvalue weighted by atomic mass is 32.2. The number of nitrogens with zero attached hydrogens (tertiary/aromatic N) is 4. The van der Waals surface area contributed by atoms with Gasteiger partial charge in [-0.15, -0.1) is 21.5 Å². The molecule has 0 bridgehead atoms. The average molecular weight is 308 g/mol. The molecule has 2 aliphatic rings. The Morgan fingerprint density at radius 1 is 1.30 bits per heavy atom. The summed E-state index contributed by atoms with van der Waals surface area (Å²) < 4.78 is 2.10. The molecule has 20 heavy (non-hydrogen) atoms. The van der Waals surface area contributed by atoms with E-state index in [1.54, 1.807) is 23.1 Å². The van der Waals surface area contributed by atoms with E-state index in [0.29, 0.717) is 11.9 Å². The number of hydrogen-bond donors (Lipinski definition) is 1. The summed E-state index contributed by atoms with van der Waals surface area (Å²) in [6.45, 7) is -0.0351. The van der Waals surface area contributed by atoms with Crippen molar-refractivity contribution in [3.63, 3.8) is 0 Å². The molecule has 2 saturated carbocycles. The Hall–Kier alpha value is -0.920. The summed E-state index contributed by atoms with van der Waals surface area (Å²) in [6.07, 6.45) is 4.94. The van der Waals surface area contributed by atoms with Crippen LogP contribution in [0.4, 0.5) is 0 Å². The Labute approximate surface area is 125 Å². The number of hydrogen-bond acceptors (Lipinski definition) is 6. The fourth-order valence-electron chi connectivity index (χ4n) is 2.26. The van der Waals surface area contributed by atoms with E-state index < -0.39 is 0 Å². The number of aromatic nitrogens is 4. The summed E-state index contributed by atoms with van der Waals surface area (Å²) in [7, 11) is 0. The summed E-state index contributed by atoms with van der Waals surface area (Å²) in [5, 5.41) is 22.0. The SMILES string of the molecule is OCc1nnc(SCc2csc(C3CC3)n2)n1C1CC1. The van der Waals surface area contributed by atoms with Gasteiger partial charge in [-0.2, -0.15) is 0 Å². The van der Waals surface area contributed by atoms with E-state index in [9.17, 15) is 5.11 Å². The highest BCUT2D eigenvalue weighted by Gasteiger charge is 2.30. The third kappa shape index (κ3) is 2.49. The van der Waals surface area contributed by atoms with Crippen LogP contribution in [0.25, 0.3) is 0 Å². The molecule has 5 nitrogen and oxygen atoms in total. The maximum atomic E-state index is 9.32. The summed E-state index contributed by atoms with van der Waals surface area (Å²) >= 11 is 3.45. The average Bonchev–Trinajstić information content (AvgIpc) is 3.40. The van der Waals surface area contributed by atoms with Gasteiger partial charge in [0.2, 0.25) is 0 Å². The number of thioether (sulfide) groups is 1. The molecular formula is C13H16N4OS2. The maximum Gasteiger partial charge on any atom is 0.191 e. The lowest BCUT2D eigenvalue weighted by molar-refractivity contribution is 0.263. The van der Waals surface area contributed by atoms with Crippen molar-refractivity contribution in [1.82, 2.24) is 19.7 Å². The fourth-order valence-corrected chi connectivity index (χ4v) is 4.27. The van der Waals surface area contributed by atoms with Crippen LogP contribution in [0.2, 0.25) is 0 Å². The minimum Gasteiger partial charge on any atom is -0.388 e. The zero-order chi connectivity index (χ0) is 13.5. The monoisotopic (exact) mass is 308 g/mol. The Kier molecular flexibility index (Phi) is 3.28. The summed E-state index contributed by atoms with van der Waals surface area (Å²) in [5.74, 6) is 2.25. The van der Waals surface area contributed by atoms with Gasteiger partial charge in [-0.25, -0.2) is 4.98 Å². The van der Waals surface area contributed by atoms with Gasteiger partial charge in [0.1, 0.15) is 6.61 Å². The minimum absolute atomic E-state index is 0.0351. The topological polar surface area (TPSA) is 63.8 Å². The van der Waals surface area contributed by atoms with Gasteiger partial charge in [0.15, 0.2) is 11.0 Å². The zero-order valence-electron chi connectivity index (χ0n) is 11.0. The Balaban J connectivity index is 1.46. The zero-order valence-corrected chi connectivity index (χ0v) is 12.7. The molecule has 2 aromatic rings. The number of rotatable bonds is 6. The van der Waals surface area contributed by atoms with Crippen molar-refractivity contribution in [1.29, 1.82) is 0 Å². The third-order valence-corrected chi connectivity index (χ3v) is 5.67. The van der Waals surface area contributed by atoms with Gasteiger partial charge < -0.3 is 9.67 Å². The number of aliphatic hydroxyl groups excluding tert-OH is 1. The van der Waals surface area contributed by atoms with E-state index >= 15 is 0 Å². The number of aliphatic hydroxyl groups is 1. The highest BCUT2D eigenvalue weighted by molar-refractivity contribution is 7.98. The molecule has 0 radical (unpaired) electrons. The second kappa shape index (κ2) is 5.13. The van der Waals surface area contributed by atoms with Gasteiger partial charge >= 0.3 is 0 Å². The predicted molar refractivity (Wildman–Crippen MR) is 77.9 cm³/mol. The molecule has 106 valence electrons. The molecule has 2 aromatic heterocycles. The van der Waals surface area contributed by atoms with Crippen LogP contribution in [0.3, 0.4) is 0 Å². The second-order valence-electron chi connectivity index (χ2n) is 5.40. The first-order valence-corrected chi connectivity index (χ1v) is 8.83. The lowest BCUT2D eigenvalue weighted by atomic mass is 10.4. The predicted octanol–water partition coefficient (Wildman–Crippen LogP) is 2.73. The summed E-state index contributed by atoms with van der Waals surface area (Å²) in [6, 6.07) is 0.493. The Morgan fingerprint density at radius 2 is 2.15 bits per heavy atom. The molecular weight excluding hydrogens is 292 g/mol. The first-order valence-electron chi connectivity index (χ1n) is 6.97. The van der Waals surface area contributed by atoms with Gasteiger partial charge in [-0.1, -0.05) is 11.8 Å². The Morgan fingerprint density at radius 3 is 2.85 bits per heavy atom. The molecule has 2 fully saturated rings. The van der Waals surface area contributed by atoms with Crippen molar-refractivity contribution in [2.24, 2.45) is 0 Å². The molecule has 0 aliphatic heterocycles. The third-order valence-electron chi connectivity index (χ3n) is 3.63. The molecule has 0 aromatic carbocycles. The van der Waals surface area contributed by atoms with Crippen LogP contribution in [-0.4, -0.2) is 24.9 Å². The molecule has 2 heterocycles. The largest absolute Gasteiger partial charge is 0.388 e. The normalized spacial score (nSPS) is 18.6. The lowest BCUT2D eigenvalue weighted by Crippen LogP contribution is -2.02. The van der Waals surface area contributed by atoms with E-state index in [1.807, 2.05) is 0 Å². The van der Waals surface area contributed by atoms with Crippen LogP contribution >= 0.6 is 23.1 Å². The molecule has 7 heteroatoms. The van der Waals surface area contributed by atoms with Crippen LogP contribution in [0, 0.1) is 0 Å². The molecule has 2 aliphatic carbocycles. The second-order valence-corrected chi connectivity index (χ2v) is 7.23. The summed E-state index contributed by atoms with van der Waals surface area (Å²) in [4.78, 5) is 4.70. The van der Waals surface area contributed by atoms with Gasteiger partial charge in [-0.05, 0) is 25.7 Å². The van der Waals surface area contributed by atoms with Crippen LogP contribution in [0.5, 0.6) is 0 Å². The molecule has 1 N–H and O–H groups in total. The van der Waals surface area contributed by atoms with Crippen molar-refractivity contribution >= 4 is 23.1 Å².